The molecule has 0 saturated heterocycles. The first kappa shape index (κ1) is 10.0. The molecule has 15 heavy (non-hydrogen) atoms. The lowest BCUT2D eigenvalue weighted by molar-refractivity contribution is 0.839. The van der Waals surface area contributed by atoms with E-state index in [1.807, 2.05) is 0 Å². The van der Waals surface area contributed by atoms with Crippen LogP contribution in [0.15, 0.2) is 17.3 Å². The van der Waals surface area contributed by atoms with Gasteiger partial charge in [-0.2, -0.15) is 0 Å². The summed E-state index contributed by atoms with van der Waals surface area (Å²) in [7, 11) is 0. The van der Waals surface area contributed by atoms with Gasteiger partial charge in [0.25, 0.3) is 5.56 Å². The van der Waals surface area contributed by atoms with Crippen LogP contribution in [0.25, 0.3) is 5.82 Å². The smallest absolute Gasteiger partial charge is 0.271 e. The van der Waals surface area contributed by atoms with Gasteiger partial charge in [0.05, 0.1) is 12.5 Å². The van der Waals surface area contributed by atoms with Gasteiger partial charge in [-0.25, -0.2) is 9.67 Å². The van der Waals surface area contributed by atoms with E-state index >= 15 is 0 Å². The van der Waals surface area contributed by atoms with E-state index in [9.17, 15) is 4.79 Å². The van der Waals surface area contributed by atoms with E-state index in [0.717, 1.165) is 0 Å². The largest absolute Gasteiger partial charge is 0.381 e. The highest BCUT2D eigenvalue weighted by Gasteiger charge is 2.11. The molecule has 0 fully saturated rings. The molecule has 0 bridgehead atoms. The molecule has 0 radical (unpaired) electrons. The summed E-state index contributed by atoms with van der Waals surface area (Å²) in [5.74, 6) is 0.328. The molecule has 0 atom stereocenters. The number of rotatable bonds is 1. The van der Waals surface area contributed by atoms with E-state index in [1.165, 1.54) is 17.2 Å². The first-order chi connectivity index (χ1) is 7.09. The minimum absolute atomic E-state index is 0.0725. The third kappa shape index (κ3) is 1.69. The summed E-state index contributed by atoms with van der Waals surface area (Å²) in [5, 5.41) is 4.04. The molecule has 0 aliphatic carbocycles. The van der Waals surface area contributed by atoms with Crippen LogP contribution in [0.4, 0.5) is 5.82 Å². The van der Waals surface area contributed by atoms with Gasteiger partial charge in [0.15, 0.2) is 16.7 Å². The Kier molecular flexibility index (Phi) is 2.37. The van der Waals surface area contributed by atoms with Gasteiger partial charge < -0.3 is 10.7 Å². The maximum absolute atomic E-state index is 11.2. The number of nitrogens with two attached hydrogens (primary N) is 1. The minimum atomic E-state index is -0.452. The van der Waals surface area contributed by atoms with Gasteiger partial charge >= 0.3 is 0 Å². The summed E-state index contributed by atoms with van der Waals surface area (Å²) in [6.07, 6.45) is 2.64. The highest BCUT2D eigenvalue weighted by Crippen LogP contribution is 2.19. The Hall–Kier alpha value is -1.53. The van der Waals surface area contributed by atoms with Gasteiger partial charge in [0.1, 0.15) is 5.02 Å². The second kappa shape index (κ2) is 3.56. The Labute approximate surface area is 93.6 Å². The summed E-state index contributed by atoms with van der Waals surface area (Å²) in [6.45, 7) is 0. The van der Waals surface area contributed by atoms with Crippen LogP contribution < -0.4 is 11.3 Å². The molecular formula is C7H5Cl2N5O. The van der Waals surface area contributed by atoms with Crippen LogP contribution in [0, 0.1) is 0 Å². The number of anilines is 1. The number of hydrogen-bond acceptors (Lipinski definition) is 4. The Morgan fingerprint density at radius 3 is 2.80 bits per heavy atom. The van der Waals surface area contributed by atoms with Crippen molar-refractivity contribution in [2.45, 2.75) is 0 Å². The lowest BCUT2D eigenvalue weighted by Crippen LogP contribution is -2.12. The lowest BCUT2D eigenvalue weighted by atomic mass is 10.5. The van der Waals surface area contributed by atoms with Crippen LogP contribution in [0.3, 0.4) is 0 Å². The monoisotopic (exact) mass is 245 g/mol. The molecule has 0 aliphatic heterocycles. The van der Waals surface area contributed by atoms with Crippen molar-refractivity contribution in [1.29, 1.82) is 0 Å². The zero-order chi connectivity index (χ0) is 11.0. The van der Waals surface area contributed by atoms with E-state index in [4.69, 9.17) is 28.9 Å². The number of aromatic nitrogens is 4. The molecule has 0 amide bonds. The van der Waals surface area contributed by atoms with Crippen molar-refractivity contribution < 1.29 is 0 Å². The third-order valence-corrected chi connectivity index (χ3v) is 2.32. The first-order valence-electron chi connectivity index (χ1n) is 3.84. The van der Waals surface area contributed by atoms with E-state index in [1.54, 1.807) is 0 Å². The topological polar surface area (TPSA) is 89.6 Å². The highest BCUT2D eigenvalue weighted by molar-refractivity contribution is 6.33. The highest BCUT2D eigenvalue weighted by atomic mass is 35.5. The molecule has 0 saturated carbocycles. The number of nitrogens with one attached hydrogen (secondary N) is 1. The second-order valence-electron chi connectivity index (χ2n) is 2.68. The number of H-pyrrole nitrogens is 1. The maximum atomic E-state index is 11.2. The van der Waals surface area contributed by atoms with Crippen molar-refractivity contribution in [1.82, 2.24) is 19.7 Å². The summed E-state index contributed by atoms with van der Waals surface area (Å²) >= 11 is 11.4. The summed E-state index contributed by atoms with van der Waals surface area (Å²) < 4.78 is 1.25. The molecular weight excluding hydrogens is 241 g/mol. The number of nitrogen functional groups attached to an aromatic ring is 1. The number of halogens is 2. The van der Waals surface area contributed by atoms with E-state index in [-0.39, 0.29) is 21.7 Å². The number of nitrogens with zero attached hydrogens (tertiary/aromatic N) is 3. The summed E-state index contributed by atoms with van der Waals surface area (Å²) in [4.78, 5) is 17.4. The van der Waals surface area contributed by atoms with Gasteiger partial charge in [-0.05, 0) is 0 Å². The van der Waals surface area contributed by atoms with Crippen LogP contribution in [0.1, 0.15) is 0 Å². The normalized spacial score (nSPS) is 10.5. The standard InChI is InChI=1S/C7H5Cl2N5O/c8-3-1-14(13-5(3)10)6-4(9)7(15)12-2-11-6/h1-2H,(H2,10,13)(H,11,12,15). The lowest BCUT2D eigenvalue weighted by Gasteiger charge is -2.00. The molecule has 2 rings (SSSR count). The Morgan fingerprint density at radius 2 is 2.20 bits per heavy atom. The summed E-state index contributed by atoms with van der Waals surface area (Å²) in [5.41, 5.74) is 4.99. The molecule has 3 N–H and O–H groups in total. The minimum Gasteiger partial charge on any atom is -0.381 e. The van der Waals surface area contributed by atoms with Crippen LogP contribution in [-0.4, -0.2) is 19.7 Å². The van der Waals surface area contributed by atoms with Crippen molar-refractivity contribution in [2.75, 3.05) is 5.73 Å². The zero-order valence-electron chi connectivity index (χ0n) is 7.24. The summed E-state index contributed by atoms with van der Waals surface area (Å²) in [6, 6.07) is 0. The van der Waals surface area contributed by atoms with E-state index in [0.29, 0.717) is 0 Å². The predicted octanol–water partition coefficient (Wildman–Crippen LogP) is 0.845. The average molecular weight is 246 g/mol. The molecule has 0 aromatic carbocycles. The molecule has 2 aromatic heterocycles. The van der Waals surface area contributed by atoms with Crippen LogP contribution in [-0.2, 0) is 0 Å². The fraction of sp³-hybridized carbons (Fsp3) is 0. The van der Waals surface area contributed by atoms with Crippen LogP contribution in [0.5, 0.6) is 0 Å². The van der Waals surface area contributed by atoms with Gasteiger partial charge in [-0.3, -0.25) is 4.79 Å². The number of aromatic amines is 1. The fourth-order valence-corrected chi connectivity index (χ4v) is 1.33. The Balaban J connectivity index is 2.64. The Morgan fingerprint density at radius 1 is 1.47 bits per heavy atom. The van der Waals surface area contributed by atoms with Crippen molar-refractivity contribution in [3.8, 4) is 5.82 Å². The second-order valence-corrected chi connectivity index (χ2v) is 3.46. The van der Waals surface area contributed by atoms with Crippen LogP contribution in [0.2, 0.25) is 10.0 Å². The van der Waals surface area contributed by atoms with Crippen molar-refractivity contribution in [3.63, 3.8) is 0 Å². The Bertz CT molecular complexity index is 541. The van der Waals surface area contributed by atoms with Crippen molar-refractivity contribution in [3.05, 3.63) is 32.9 Å². The molecule has 2 heterocycles. The number of hydrogen-bond donors (Lipinski definition) is 2. The van der Waals surface area contributed by atoms with Gasteiger partial charge in [0.2, 0.25) is 0 Å². The van der Waals surface area contributed by atoms with Gasteiger partial charge in [0, 0.05) is 0 Å². The van der Waals surface area contributed by atoms with Gasteiger partial charge in [-0.1, -0.05) is 23.2 Å². The van der Waals surface area contributed by atoms with E-state index < -0.39 is 5.56 Å². The molecule has 6 nitrogen and oxygen atoms in total. The molecule has 2 aromatic rings. The van der Waals surface area contributed by atoms with E-state index in [2.05, 4.69) is 15.1 Å². The molecule has 8 heteroatoms. The molecule has 0 unspecified atom stereocenters. The fourth-order valence-electron chi connectivity index (χ4n) is 1.01. The average Bonchev–Trinajstić information content (AvgIpc) is 2.51. The zero-order valence-corrected chi connectivity index (χ0v) is 8.75. The quantitative estimate of drug-likeness (QED) is 0.780. The molecule has 0 spiro atoms. The first-order valence-corrected chi connectivity index (χ1v) is 4.59. The molecule has 78 valence electrons. The SMILES string of the molecule is Nc1nn(-c2nc[nH]c(=O)c2Cl)cc1Cl. The van der Waals surface area contributed by atoms with Crippen molar-refractivity contribution in [2.24, 2.45) is 0 Å². The van der Waals surface area contributed by atoms with Crippen LogP contribution >= 0.6 is 23.2 Å². The predicted molar refractivity (Wildman–Crippen MR) is 56.4 cm³/mol. The molecule has 0 aliphatic rings. The maximum Gasteiger partial charge on any atom is 0.271 e. The van der Waals surface area contributed by atoms with Crippen molar-refractivity contribution >= 4 is 29.0 Å². The van der Waals surface area contributed by atoms with Gasteiger partial charge in [-0.15, -0.1) is 5.10 Å². The third-order valence-electron chi connectivity index (χ3n) is 1.69.